The number of benzene rings is 2. The summed E-state index contributed by atoms with van der Waals surface area (Å²) < 4.78 is 5.98. The highest BCUT2D eigenvalue weighted by atomic mass is 16.5. The van der Waals surface area contributed by atoms with E-state index < -0.39 is 0 Å². The van der Waals surface area contributed by atoms with Gasteiger partial charge in [-0.05, 0) is 31.0 Å². The molecule has 3 heteroatoms. The summed E-state index contributed by atoms with van der Waals surface area (Å²) in [5, 5.41) is 11.5. The van der Waals surface area contributed by atoms with Gasteiger partial charge in [0.25, 0.3) is 0 Å². The molecule has 0 heterocycles. The molecule has 3 N–H and O–H groups in total. The molecule has 2 aromatic rings. The number of hydrogen-bond donors (Lipinski definition) is 2. The summed E-state index contributed by atoms with van der Waals surface area (Å²) in [6.45, 7) is 5.79. The van der Waals surface area contributed by atoms with Crippen molar-refractivity contribution in [2.45, 2.75) is 39.5 Å². The van der Waals surface area contributed by atoms with Crippen molar-refractivity contribution < 1.29 is 15.2 Å². The van der Waals surface area contributed by atoms with Gasteiger partial charge in [-0.3, -0.25) is 0 Å². The summed E-state index contributed by atoms with van der Waals surface area (Å²) >= 11 is 0. The van der Waals surface area contributed by atoms with Gasteiger partial charge < -0.3 is 15.2 Å². The predicted molar refractivity (Wildman–Crippen MR) is 88.7 cm³/mol. The van der Waals surface area contributed by atoms with Crippen molar-refractivity contribution in [3.63, 3.8) is 0 Å². The largest absolute Gasteiger partial charge is 0.488 e. The maximum absolute atomic E-state index is 9.29. The van der Waals surface area contributed by atoms with Gasteiger partial charge in [-0.2, -0.15) is 0 Å². The predicted octanol–water partition coefficient (Wildman–Crippen LogP) is 2.41. The molecule has 0 amide bonds. The monoisotopic (exact) mass is 300 g/mol. The topological polar surface area (TPSA) is 46.1 Å². The number of para-hydroxylation sites is 1. The van der Waals surface area contributed by atoms with E-state index in [1.165, 1.54) is 16.7 Å². The Morgan fingerprint density at radius 3 is 2.50 bits per heavy atom. The Bertz CT molecular complexity index is 562. The van der Waals surface area contributed by atoms with Crippen molar-refractivity contribution in [2.24, 2.45) is 0 Å². The van der Waals surface area contributed by atoms with Crippen LogP contribution in [0.4, 0.5) is 0 Å². The number of nitrogens with two attached hydrogens (primary N) is 1. The molecule has 22 heavy (non-hydrogen) atoms. The first kappa shape index (κ1) is 16.5. The number of quaternary nitrogens is 1. The normalized spacial score (nSPS) is 12.1. The van der Waals surface area contributed by atoms with Crippen LogP contribution in [0.25, 0.3) is 0 Å². The second-order valence-electron chi connectivity index (χ2n) is 5.67. The molecule has 0 aliphatic rings. The third-order valence-corrected chi connectivity index (χ3v) is 3.92. The summed E-state index contributed by atoms with van der Waals surface area (Å²) in [6, 6.07) is 16.8. The molecule has 0 bridgehead atoms. The maximum atomic E-state index is 9.29. The second-order valence-corrected chi connectivity index (χ2v) is 5.67. The van der Waals surface area contributed by atoms with Gasteiger partial charge in [-0.25, -0.2) is 0 Å². The number of aryl methyl sites for hydroxylation is 1. The minimum Gasteiger partial charge on any atom is -0.488 e. The molecule has 0 spiro atoms. The lowest BCUT2D eigenvalue weighted by Crippen LogP contribution is -2.89. The summed E-state index contributed by atoms with van der Waals surface area (Å²) in [5.74, 6) is 0.923. The molecule has 0 aliphatic heterocycles. The van der Waals surface area contributed by atoms with Crippen LogP contribution >= 0.6 is 0 Å². The van der Waals surface area contributed by atoms with E-state index in [9.17, 15) is 5.11 Å². The third kappa shape index (κ3) is 4.86. The molecule has 1 atom stereocenters. The minimum absolute atomic E-state index is 0.211. The average molecular weight is 300 g/mol. The summed E-state index contributed by atoms with van der Waals surface area (Å²) in [6.07, 6.45) is 0.961. The Morgan fingerprint density at radius 2 is 1.82 bits per heavy atom. The zero-order valence-corrected chi connectivity index (χ0v) is 13.5. The lowest BCUT2D eigenvalue weighted by atomic mass is 10.1. The van der Waals surface area contributed by atoms with E-state index >= 15 is 0 Å². The van der Waals surface area contributed by atoms with E-state index in [2.05, 4.69) is 49.5 Å². The molecule has 0 radical (unpaired) electrons. The van der Waals surface area contributed by atoms with Crippen molar-refractivity contribution in [1.29, 1.82) is 0 Å². The first-order valence-electron chi connectivity index (χ1n) is 7.93. The summed E-state index contributed by atoms with van der Waals surface area (Å²) in [7, 11) is 0. The van der Waals surface area contributed by atoms with E-state index in [0.29, 0.717) is 6.61 Å². The van der Waals surface area contributed by atoms with Crippen molar-refractivity contribution in [1.82, 2.24) is 0 Å². The number of hydrogen-bond acceptors (Lipinski definition) is 2. The number of aliphatic hydroxyl groups is 1. The van der Waals surface area contributed by atoms with Crippen LogP contribution in [0.3, 0.4) is 0 Å². The molecule has 2 aromatic carbocycles. The second kappa shape index (κ2) is 8.57. The zero-order valence-electron chi connectivity index (χ0n) is 13.5. The van der Waals surface area contributed by atoms with Crippen LogP contribution in [0.5, 0.6) is 5.75 Å². The molecule has 0 fully saturated rings. The molecule has 2 rings (SSSR count). The van der Waals surface area contributed by atoms with Crippen molar-refractivity contribution in [3.05, 3.63) is 65.2 Å². The van der Waals surface area contributed by atoms with Gasteiger partial charge in [0.05, 0.1) is 6.61 Å². The van der Waals surface area contributed by atoms with Crippen LogP contribution in [0.1, 0.15) is 30.0 Å². The fourth-order valence-corrected chi connectivity index (χ4v) is 2.32. The van der Waals surface area contributed by atoms with Crippen molar-refractivity contribution in [3.8, 4) is 5.75 Å². The van der Waals surface area contributed by atoms with E-state index in [1.54, 1.807) is 0 Å². The number of rotatable bonds is 8. The third-order valence-electron chi connectivity index (χ3n) is 3.92. The molecular weight excluding hydrogens is 274 g/mol. The van der Waals surface area contributed by atoms with E-state index in [4.69, 9.17) is 4.74 Å². The standard InChI is InChI=1S/C19H25NO2/c1-3-18(13-21)20-12-17-6-4-5-7-19(17)22-14-16-10-8-15(2)9-11-16/h4-11,18,20-21H,3,12-14H2,1-2H3/p+1/t18-/m0/s1. The smallest absolute Gasteiger partial charge is 0.128 e. The quantitative estimate of drug-likeness (QED) is 0.786. The lowest BCUT2D eigenvalue weighted by Gasteiger charge is -2.14. The van der Waals surface area contributed by atoms with Gasteiger partial charge in [-0.1, -0.05) is 48.9 Å². The molecule has 118 valence electrons. The summed E-state index contributed by atoms with van der Waals surface area (Å²) in [5.41, 5.74) is 3.60. The molecule has 0 aromatic heterocycles. The fraction of sp³-hybridized carbons (Fsp3) is 0.368. The lowest BCUT2D eigenvalue weighted by molar-refractivity contribution is -0.706. The van der Waals surface area contributed by atoms with Gasteiger partial charge in [0.2, 0.25) is 0 Å². The van der Waals surface area contributed by atoms with Gasteiger partial charge >= 0.3 is 0 Å². The van der Waals surface area contributed by atoms with E-state index in [0.717, 1.165) is 18.7 Å². The minimum atomic E-state index is 0.211. The van der Waals surface area contributed by atoms with Crippen LogP contribution in [-0.4, -0.2) is 17.8 Å². The molecule has 0 unspecified atom stereocenters. The van der Waals surface area contributed by atoms with Crippen LogP contribution in [0, 0.1) is 6.92 Å². The van der Waals surface area contributed by atoms with E-state index in [-0.39, 0.29) is 12.6 Å². The molecule has 0 saturated heterocycles. The SMILES string of the molecule is CC[C@@H](CO)[NH2+]Cc1ccccc1OCc1ccc(C)cc1. The van der Waals surface area contributed by atoms with Crippen molar-refractivity contribution >= 4 is 0 Å². The van der Waals surface area contributed by atoms with Crippen LogP contribution < -0.4 is 10.1 Å². The Balaban J connectivity index is 1.97. The first-order valence-corrected chi connectivity index (χ1v) is 7.93. The molecule has 0 aliphatic carbocycles. The average Bonchev–Trinajstić information content (AvgIpc) is 2.56. The van der Waals surface area contributed by atoms with Gasteiger partial charge in [0.1, 0.15) is 24.9 Å². The highest BCUT2D eigenvalue weighted by Gasteiger charge is 2.10. The van der Waals surface area contributed by atoms with E-state index in [1.807, 2.05) is 18.2 Å². The van der Waals surface area contributed by atoms with Crippen molar-refractivity contribution in [2.75, 3.05) is 6.61 Å². The number of ether oxygens (including phenoxy) is 1. The van der Waals surface area contributed by atoms with Crippen LogP contribution in [-0.2, 0) is 13.2 Å². The van der Waals surface area contributed by atoms with Crippen LogP contribution in [0.2, 0.25) is 0 Å². The molecule has 0 saturated carbocycles. The first-order chi connectivity index (χ1) is 10.7. The highest BCUT2D eigenvalue weighted by Crippen LogP contribution is 2.18. The maximum Gasteiger partial charge on any atom is 0.128 e. The molecular formula is C19H26NO2+. The van der Waals surface area contributed by atoms with Gasteiger partial charge in [0, 0.05) is 5.56 Å². The Kier molecular flexibility index (Phi) is 6.44. The number of aliphatic hydroxyl groups excluding tert-OH is 1. The van der Waals surface area contributed by atoms with Gasteiger partial charge in [-0.15, -0.1) is 0 Å². The Hall–Kier alpha value is -1.84. The van der Waals surface area contributed by atoms with Crippen LogP contribution in [0.15, 0.2) is 48.5 Å². The zero-order chi connectivity index (χ0) is 15.8. The Morgan fingerprint density at radius 1 is 1.09 bits per heavy atom. The fourth-order valence-electron chi connectivity index (χ4n) is 2.32. The van der Waals surface area contributed by atoms with Gasteiger partial charge in [0.15, 0.2) is 0 Å². The highest BCUT2D eigenvalue weighted by molar-refractivity contribution is 5.33. The molecule has 3 nitrogen and oxygen atoms in total. The summed E-state index contributed by atoms with van der Waals surface area (Å²) in [4.78, 5) is 0. The Labute approximate surface area is 133 Å².